The highest BCUT2D eigenvalue weighted by molar-refractivity contribution is 9.09. The molecule has 0 spiro atoms. The van der Waals surface area contributed by atoms with E-state index in [1.165, 1.54) is 0 Å². The molecule has 0 aliphatic carbocycles. The first kappa shape index (κ1) is 13.7. The summed E-state index contributed by atoms with van der Waals surface area (Å²) < 4.78 is 5.72. The van der Waals surface area contributed by atoms with Gasteiger partial charge in [-0.3, -0.25) is 0 Å². The third-order valence-electron chi connectivity index (χ3n) is 3.29. The number of alkyl halides is 1. The standard InChI is InChI=1S/C13H15BrCl2O/c1-2-12-9(5-6-17-12)13(14)10-7-8(15)3-4-11(10)16/h3-4,7,9,12-13H,2,5-6H2,1H3. The summed E-state index contributed by atoms with van der Waals surface area (Å²) in [5.41, 5.74) is 1.06. The van der Waals surface area contributed by atoms with Gasteiger partial charge in [0.15, 0.2) is 0 Å². The van der Waals surface area contributed by atoms with E-state index in [0.717, 1.165) is 35.1 Å². The van der Waals surface area contributed by atoms with E-state index in [0.29, 0.717) is 12.0 Å². The first-order valence-corrected chi connectivity index (χ1v) is 7.51. The Morgan fingerprint density at radius 1 is 1.47 bits per heavy atom. The van der Waals surface area contributed by atoms with Crippen molar-refractivity contribution in [3.05, 3.63) is 33.8 Å². The lowest BCUT2D eigenvalue weighted by Crippen LogP contribution is -2.19. The highest BCUT2D eigenvalue weighted by Gasteiger charge is 2.33. The first-order chi connectivity index (χ1) is 8.13. The lowest BCUT2D eigenvalue weighted by atomic mass is 9.92. The van der Waals surface area contributed by atoms with Crippen LogP contribution in [-0.4, -0.2) is 12.7 Å². The molecule has 1 aromatic carbocycles. The van der Waals surface area contributed by atoms with E-state index in [1.807, 2.05) is 18.2 Å². The molecule has 17 heavy (non-hydrogen) atoms. The van der Waals surface area contributed by atoms with Crippen molar-refractivity contribution in [1.82, 2.24) is 0 Å². The average molecular weight is 338 g/mol. The molecule has 0 radical (unpaired) electrons. The SMILES string of the molecule is CCC1OCCC1C(Br)c1cc(Cl)ccc1Cl. The third-order valence-corrected chi connectivity index (χ3v) is 5.05. The minimum Gasteiger partial charge on any atom is -0.378 e. The molecule has 1 aromatic rings. The lowest BCUT2D eigenvalue weighted by Gasteiger charge is -2.23. The van der Waals surface area contributed by atoms with Crippen LogP contribution in [0.25, 0.3) is 0 Å². The van der Waals surface area contributed by atoms with Gasteiger partial charge in [-0.15, -0.1) is 0 Å². The smallest absolute Gasteiger partial charge is 0.0615 e. The molecule has 94 valence electrons. The van der Waals surface area contributed by atoms with Crippen LogP contribution in [0.4, 0.5) is 0 Å². The van der Waals surface area contributed by atoms with E-state index < -0.39 is 0 Å². The second kappa shape index (κ2) is 5.92. The van der Waals surface area contributed by atoms with Crippen molar-refractivity contribution in [2.45, 2.75) is 30.7 Å². The molecule has 4 heteroatoms. The Balaban J connectivity index is 2.24. The summed E-state index contributed by atoms with van der Waals surface area (Å²) in [5, 5.41) is 1.49. The quantitative estimate of drug-likeness (QED) is 0.685. The third kappa shape index (κ3) is 2.98. The van der Waals surface area contributed by atoms with Crippen LogP contribution in [0.2, 0.25) is 10.0 Å². The van der Waals surface area contributed by atoms with Crippen LogP contribution in [0, 0.1) is 5.92 Å². The van der Waals surface area contributed by atoms with Gasteiger partial charge in [0.05, 0.1) is 6.10 Å². The van der Waals surface area contributed by atoms with Gasteiger partial charge in [0.25, 0.3) is 0 Å². The van der Waals surface area contributed by atoms with Crippen LogP contribution in [-0.2, 0) is 4.74 Å². The van der Waals surface area contributed by atoms with Crippen LogP contribution in [0.3, 0.4) is 0 Å². The Labute approximate surface area is 121 Å². The number of benzene rings is 1. The van der Waals surface area contributed by atoms with Crippen molar-refractivity contribution in [3.63, 3.8) is 0 Å². The maximum absolute atomic E-state index is 6.23. The summed E-state index contributed by atoms with van der Waals surface area (Å²) >= 11 is 16.0. The molecule has 0 N–H and O–H groups in total. The minimum absolute atomic E-state index is 0.209. The normalized spacial score (nSPS) is 26.1. The summed E-state index contributed by atoms with van der Waals surface area (Å²) in [4.78, 5) is 0.209. The van der Waals surface area contributed by atoms with Crippen LogP contribution in [0.5, 0.6) is 0 Å². The Kier molecular flexibility index (Phi) is 4.76. The van der Waals surface area contributed by atoms with Gasteiger partial charge >= 0.3 is 0 Å². The van der Waals surface area contributed by atoms with Gasteiger partial charge in [0.1, 0.15) is 0 Å². The van der Waals surface area contributed by atoms with E-state index in [1.54, 1.807) is 0 Å². The molecule has 3 atom stereocenters. The van der Waals surface area contributed by atoms with Crippen molar-refractivity contribution in [2.24, 2.45) is 5.92 Å². The predicted molar refractivity (Wildman–Crippen MR) is 76.3 cm³/mol. The second-order valence-corrected chi connectivity index (χ2v) is 6.17. The van der Waals surface area contributed by atoms with Crippen molar-refractivity contribution >= 4 is 39.1 Å². The Hall–Kier alpha value is 0.240. The van der Waals surface area contributed by atoms with Crippen molar-refractivity contribution in [3.8, 4) is 0 Å². The molecule has 0 aromatic heterocycles. The second-order valence-electron chi connectivity index (χ2n) is 4.34. The van der Waals surface area contributed by atoms with Crippen molar-refractivity contribution in [1.29, 1.82) is 0 Å². The number of hydrogen-bond acceptors (Lipinski definition) is 1. The van der Waals surface area contributed by atoms with Crippen LogP contribution in [0.15, 0.2) is 18.2 Å². The maximum atomic E-state index is 6.23. The topological polar surface area (TPSA) is 9.23 Å². The van der Waals surface area contributed by atoms with Crippen LogP contribution < -0.4 is 0 Å². The van der Waals surface area contributed by atoms with Gasteiger partial charge in [-0.1, -0.05) is 46.1 Å². The zero-order chi connectivity index (χ0) is 12.4. The zero-order valence-corrected chi connectivity index (χ0v) is 12.7. The summed E-state index contributed by atoms with van der Waals surface area (Å²) in [6.45, 7) is 2.99. The van der Waals surface area contributed by atoms with Gasteiger partial charge in [-0.25, -0.2) is 0 Å². The predicted octanol–water partition coefficient (Wildman–Crippen LogP) is 5.24. The van der Waals surface area contributed by atoms with E-state index in [4.69, 9.17) is 27.9 Å². The fourth-order valence-electron chi connectivity index (χ4n) is 2.38. The molecular weight excluding hydrogens is 323 g/mol. The summed E-state index contributed by atoms with van der Waals surface area (Å²) in [5.74, 6) is 0.468. The van der Waals surface area contributed by atoms with Crippen LogP contribution >= 0.6 is 39.1 Å². The van der Waals surface area contributed by atoms with Gasteiger partial charge in [-0.05, 0) is 36.6 Å². The van der Waals surface area contributed by atoms with E-state index in [9.17, 15) is 0 Å². The number of rotatable bonds is 3. The zero-order valence-electron chi connectivity index (χ0n) is 9.63. The fourth-order valence-corrected chi connectivity index (χ4v) is 3.91. The number of halogens is 3. The Morgan fingerprint density at radius 2 is 2.24 bits per heavy atom. The molecule has 0 saturated carbocycles. The molecule has 0 bridgehead atoms. The number of hydrogen-bond donors (Lipinski definition) is 0. The molecule has 1 saturated heterocycles. The Morgan fingerprint density at radius 3 is 2.94 bits per heavy atom. The highest BCUT2D eigenvalue weighted by atomic mass is 79.9. The van der Waals surface area contributed by atoms with Gasteiger partial charge in [-0.2, -0.15) is 0 Å². The van der Waals surface area contributed by atoms with Gasteiger partial charge < -0.3 is 4.74 Å². The molecule has 3 unspecified atom stereocenters. The lowest BCUT2D eigenvalue weighted by molar-refractivity contribution is 0.0873. The first-order valence-electron chi connectivity index (χ1n) is 5.84. The van der Waals surface area contributed by atoms with Crippen molar-refractivity contribution in [2.75, 3.05) is 6.61 Å². The minimum atomic E-state index is 0.209. The monoisotopic (exact) mass is 336 g/mol. The maximum Gasteiger partial charge on any atom is 0.0615 e. The van der Waals surface area contributed by atoms with Crippen LogP contribution in [0.1, 0.15) is 30.2 Å². The molecule has 0 amide bonds. The summed E-state index contributed by atoms with van der Waals surface area (Å²) in [6, 6.07) is 5.61. The highest BCUT2D eigenvalue weighted by Crippen LogP contribution is 2.43. The number of ether oxygens (including phenoxy) is 1. The molecule has 1 nitrogen and oxygen atoms in total. The molecule has 2 rings (SSSR count). The molecule has 1 heterocycles. The largest absolute Gasteiger partial charge is 0.378 e. The van der Waals surface area contributed by atoms with Gasteiger partial charge in [0, 0.05) is 27.4 Å². The van der Waals surface area contributed by atoms with E-state index >= 15 is 0 Å². The molecule has 1 aliphatic heterocycles. The molecule has 1 fully saturated rings. The average Bonchev–Trinajstić information content (AvgIpc) is 2.79. The van der Waals surface area contributed by atoms with E-state index in [2.05, 4.69) is 22.9 Å². The summed E-state index contributed by atoms with van der Waals surface area (Å²) in [7, 11) is 0. The molecular formula is C13H15BrCl2O. The van der Waals surface area contributed by atoms with Gasteiger partial charge in [0.2, 0.25) is 0 Å². The van der Waals surface area contributed by atoms with E-state index in [-0.39, 0.29) is 4.83 Å². The Bertz CT molecular complexity index is 397. The fraction of sp³-hybridized carbons (Fsp3) is 0.538. The van der Waals surface area contributed by atoms with Crippen molar-refractivity contribution < 1.29 is 4.74 Å². The summed E-state index contributed by atoms with van der Waals surface area (Å²) in [6.07, 6.45) is 2.41. The molecule has 1 aliphatic rings.